The topological polar surface area (TPSA) is 226 Å². The zero-order chi connectivity index (χ0) is 49.3. The van der Waals surface area contributed by atoms with Crippen molar-refractivity contribution in [2.45, 2.75) is 148 Å². The number of halogens is 2. The number of alkyl carbamates (subject to hydrolysis) is 2. The van der Waals surface area contributed by atoms with Crippen LogP contribution in [0.2, 0.25) is 0 Å². The van der Waals surface area contributed by atoms with Crippen molar-refractivity contribution >= 4 is 41.8 Å². The number of carbonyl (C=O) groups excluding carboxylic acids is 7. The summed E-state index contributed by atoms with van der Waals surface area (Å²) in [5.74, 6) is -6.70. The molecule has 5 amide bonds. The van der Waals surface area contributed by atoms with Crippen LogP contribution in [0.5, 0.6) is 0 Å². The highest BCUT2D eigenvalue weighted by molar-refractivity contribution is 5.98. The summed E-state index contributed by atoms with van der Waals surface area (Å²) in [6.45, 7) is 15.7. The molecule has 0 heterocycles. The van der Waals surface area contributed by atoms with Crippen molar-refractivity contribution in [2.24, 2.45) is 11.8 Å². The van der Waals surface area contributed by atoms with Crippen LogP contribution >= 0.6 is 0 Å². The summed E-state index contributed by atoms with van der Waals surface area (Å²) in [6, 6.07) is 9.78. The van der Waals surface area contributed by atoms with E-state index in [1.54, 1.807) is 55.4 Å². The lowest BCUT2D eigenvalue weighted by molar-refractivity contribution is -0.161. The van der Waals surface area contributed by atoms with Crippen LogP contribution in [0.3, 0.4) is 0 Å². The van der Waals surface area contributed by atoms with Crippen molar-refractivity contribution in [3.8, 4) is 11.1 Å². The van der Waals surface area contributed by atoms with Gasteiger partial charge >= 0.3 is 24.1 Å². The molecule has 0 radical (unpaired) electrons. The standard InChI is InChI=1S/C47H65F2N5O12/c1-12-25(2)36(41(58)65-27(4)37(40(57)62-11)52-39(56)34(24-64-45(5,6)7)51-44(61)66-46(8,9)10)53-42(59)47(22-28(47)21-35(48)49)54-38(55)26(3)50-43(60)63-23-33-31-19-15-13-17-29(31)30-18-14-16-20-32(30)33/h13-20,25-28,33-37H,12,21-24H2,1-11H3,(H,50,60)(H,51,61)(H,52,56)(H,53,59)(H,54,55)/t25-,26-,27-,28+,34-,36-,37+,47+/m0/s1. The van der Waals surface area contributed by atoms with Crippen LogP contribution in [-0.2, 0) is 47.7 Å². The predicted molar refractivity (Wildman–Crippen MR) is 237 cm³/mol. The van der Waals surface area contributed by atoms with Gasteiger partial charge in [0.2, 0.25) is 24.1 Å². The molecule has 364 valence electrons. The SMILES string of the molecule is CC[C@H](C)[C@H](NC(=O)[C@@]1(NC(=O)[C@H](C)NC(=O)OCC2c3ccccc3-c3ccccc32)C[C@H]1CC(F)F)C(=O)O[C@@H](C)[C@@H](NC(=O)[C@H](COC(C)(C)C)NC(=O)OC(C)(C)C)C(=O)OC. The molecule has 17 nitrogen and oxygen atoms in total. The highest BCUT2D eigenvalue weighted by atomic mass is 19.3. The Balaban J connectivity index is 1.44. The van der Waals surface area contributed by atoms with Crippen molar-refractivity contribution in [3.05, 3.63) is 59.7 Å². The van der Waals surface area contributed by atoms with Gasteiger partial charge < -0.3 is 50.3 Å². The quantitative estimate of drug-likeness (QED) is 0.0846. The second-order valence-electron chi connectivity index (χ2n) is 18.8. The number of esters is 2. The van der Waals surface area contributed by atoms with E-state index in [9.17, 15) is 42.3 Å². The van der Waals surface area contributed by atoms with Gasteiger partial charge in [-0.25, -0.2) is 28.0 Å². The third kappa shape index (κ3) is 14.1. The number of fused-ring (bicyclic) bond motifs is 3. The fraction of sp³-hybridized carbons (Fsp3) is 0.596. The maximum Gasteiger partial charge on any atom is 0.408 e. The van der Waals surface area contributed by atoms with Gasteiger partial charge in [0.05, 0.1) is 19.3 Å². The minimum absolute atomic E-state index is 0.0340. The number of nitrogens with one attached hydrogen (secondary N) is 5. The molecule has 19 heteroatoms. The van der Waals surface area contributed by atoms with Gasteiger partial charge in [0.15, 0.2) is 6.04 Å². The summed E-state index contributed by atoms with van der Waals surface area (Å²) in [4.78, 5) is 93.9. The molecular weight excluding hydrogens is 865 g/mol. The lowest BCUT2D eigenvalue weighted by Gasteiger charge is -2.30. The maximum absolute atomic E-state index is 14.1. The lowest BCUT2D eigenvalue weighted by atomic mass is 9.98. The first-order valence-corrected chi connectivity index (χ1v) is 22.1. The number of carbonyl (C=O) groups is 7. The number of ether oxygens (including phenoxy) is 5. The molecule has 1 fully saturated rings. The molecule has 5 N–H and O–H groups in total. The van der Waals surface area contributed by atoms with E-state index in [2.05, 4.69) is 26.6 Å². The largest absolute Gasteiger partial charge is 0.467 e. The number of hydrogen-bond donors (Lipinski definition) is 5. The first kappa shape index (κ1) is 52.8. The van der Waals surface area contributed by atoms with Crippen LogP contribution in [0.1, 0.15) is 106 Å². The summed E-state index contributed by atoms with van der Waals surface area (Å²) < 4.78 is 54.7. The molecule has 0 saturated heterocycles. The Bertz CT molecular complexity index is 2050. The Hall–Kier alpha value is -5.85. The number of rotatable bonds is 20. The van der Waals surface area contributed by atoms with Crippen molar-refractivity contribution in [1.82, 2.24) is 26.6 Å². The average Bonchev–Trinajstić information content (AvgIpc) is 3.82. The highest BCUT2D eigenvalue weighted by Crippen LogP contribution is 2.48. The molecule has 0 aliphatic heterocycles. The molecule has 0 aromatic heterocycles. The molecule has 4 rings (SSSR count). The van der Waals surface area contributed by atoms with Crippen LogP contribution < -0.4 is 26.6 Å². The molecule has 0 unspecified atom stereocenters. The van der Waals surface area contributed by atoms with Gasteiger partial charge in [0, 0.05) is 12.3 Å². The normalized spacial score (nSPS) is 19.3. The van der Waals surface area contributed by atoms with Crippen LogP contribution in [-0.4, -0.2) is 116 Å². The predicted octanol–water partition coefficient (Wildman–Crippen LogP) is 5.27. The van der Waals surface area contributed by atoms with E-state index < -0.39 is 114 Å². The Kier molecular flexibility index (Phi) is 17.7. The number of amides is 5. The fourth-order valence-corrected chi connectivity index (χ4v) is 7.51. The van der Waals surface area contributed by atoms with Crippen LogP contribution in [0.4, 0.5) is 18.4 Å². The molecule has 2 aliphatic carbocycles. The first-order valence-electron chi connectivity index (χ1n) is 22.1. The van der Waals surface area contributed by atoms with E-state index in [1.165, 1.54) is 13.8 Å². The summed E-state index contributed by atoms with van der Waals surface area (Å²) in [5.41, 5.74) is 0.479. The Morgan fingerprint density at radius 1 is 0.758 bits per heavy atom. The summed E-state index contributed by atoms with van der Waals surface area (Å²) in [7, 11) is 1.05. The molecule has 2 aromatic rings. The van der Waals surface area contributed by atoms with Gasteiger partial charge in [-0.2, -0.15) is 0 Å². The second-order valence-corrected chi connectivity index (χ2v) is 18.8. The molecule has 2 aliphatic rings. The van der Waals surface area contributed by atoms with Crippen LogP contribution in [0.15, 0.2) is 48.5 Å². The van der Waals surface area contributed by atoms with Gasteiger partial charge in [-0.3, -0.25) is 14.4 Å². The van der Waals surface area contributed by atoms with Crippen molar-refractivity contribution in [3.63, 3.8) is 0 Å². The number of alkyl halides is 2. The summed E-state index contributed by atoms with van der Waals surface area (Å²) in [5, 5.41) is 12.5. The van der Waals surface area contributed by atoms with Gasteiger partial charge in [-0.1, -0.05) is 68.8 Å². The molecule has 1 saturated carbocycles. The first-order chi connectivity index (χ1) is 30.8. The zero-order valence-corrected chi connectivity index (χ0v) is 39.5. The van der Waals surface area contributed by atoms with Crippen molar-refractivity contribution in [2.75, 3.05) is 20.3 Å². The van der Waals surface area contributed by atoms with Crippen molar-refractivity contribution < 1.29 is 66.0 Å². The lowest BCUT2D eigenvalue weighted by Crippen LogP contribution is -2.60. The Morgan fingerprint density at radius 2 is 1.35 bits per heavy atom. The van der Waals surface area contributed by atoms with Gasteiger partial charge in [-0.05, 0) is 95.9 Å². The smallest absolute Gasteiger partial charge is 0.408 e. The van der Waals surface area contributed by atoms with E-state index in [1.807, 2.05) is 48.5 Å². The molecule has 66 heavy (non-hydrogen) atoms. The van der Waals surface area contributed by atoms with E-state index >= 15 is 0 Å². The van der Waals surface area contributed by atoms with Gasteiger partial charge in [-0.15, -0.1) is 0 Å². The summed E-state index contributed by atoms with van der Waals surface area (Å²) >= 11 is 0. The van der Waals surface area contributed by atoms with Gasteiger partial charge in [0.1, 0.15) is 42.0 Å². The van der Waals surface area contributed by atoms with Crippen LogP contribution in [0, 0.1) is 11.8 Å². The third-order valence-corrected chi connectivity index (χ3v) is 11.4. The molecule has 2 aromatic carbocycles. The number of benzene rings is 2. The molecular formula is C47H65F2N5O12. The number of hydrogen-bond acceptors (Lipinski definition) is 12. The van der Waals surface area contributed by atoms with Gasteiger partial charge in [0.25, 0.3) is 0 Å². The van der Waals surface area contributed by atoms with E-state index in [-0.39, 0.29) is 25.6 Å². The maximum atomic E-state index is 14.1. The second kappa shape index (κ2) is 22.1. The van der Waals surface area contributed by atoms with Crippen molar-refractivity contribution in [1.29, 1.82) is 0 Å². The monoisotopic (exact) mass is 929 g/mol. The highest BCUT2D eigenvalue weighted by Gasteiger charge is 2.62. The number of methoxy groups -OCH3 is 1. The summed E-state index contributed by atoms with van der Waals surface area (Å²) in [6.07, 6.45) is -6.77. The average molecular weight is 930 g/mol. The fourth-order valence-electron chi connectivity index (χ4n) is 7.51. The van der Waals surface area contributed by atoms with E-state index in [0.717, 1.165) is 29.4 Å². The molecule has 0 bridgehead atoms. The Morgan fingerprint density at radius 3 is 1.88 bits per heavy atom. The van der Waals surface area contributed by atoms with E-state index in [4.69, 9.17) is 23.7 Å². The molecule has 8 atom stereocenters. The third-order valence-electron chi connectivity index (χ3n) is 11.4. The molecule has 0 spiro atoms. The minimum atomic E-state index is -2.83. The Labute approximate surface area is 384 Å². The van der Waals surface area contributed by atoms with E-state index in [0.29, 0.717) is 6.42 Å². The zero-order valence-electron chi connectivity index (χ0n) is 39.5. The van der Waals surface area contributed by atoms with Crippen LogP contribution in [0.25, 0.3) is 11.1 Å². The minimum Gasteiger partial charge on any atom is -0.467 e.